The molecule has 0 spiro atoms. The molecule has 1 N–H and O–H groups in total. The third-order valence-electron chi connectivity index (χ3n) is 1.48. The van der Waals surface area contributed by atoms with Gasteiger partial charge in [0.2, 0.25) is 0 Å². The van der Waals surface area contributed by atoms with Crippen LogP contribution in [-0.2, 0) is 14.4 Å². The van der Waals surface area contributed by atoms with E-state index in [0.717, 1.165) is 0 Å². The van der Waals surface area contributed by atoms with Crippen LogP contribution in [0.15, 0.2) is 0 Å². The summed E-state index contributed by atoms with van der Waals surface area (Å²) < 4.78 is 0.0892. The summed E-state index contributed by atoms with van der Waals surface area (Å²) in [6.45, 7) is 1.80. The molecule has 0 aliphatic carbocycles. The molecule has 0 rings (SSSR count). The molecule has 0 aliphatic heterocycles. The fourth-order valence-corrected chi connectivity index (χ4v) is 0.695. The van der Waals surface area contributed by atoms with Gasteiger partial charge in [0.15, 0.2) is 12.4 Å². The second kappa shape index (κ2) is 4.94. The second-order valence-electron chi connectivity index (χ2n) is 3.42. The summed E-state index contributed by atoms with van der Waals surface area (Å²) in [4.78, 5) is 26.0. The molecule has 0 radical (unpaired) electrons. The highest BCUT2D eigenvalue weighted by Crippen LogP contribution is 2.00. The lowest BCUT2D eigenvalue weighted by Gasteiger charge is -2.25. The van der Waals surface area contributed by atoms with E-state index in [9.17, 15) is 9.59 Å². The molecule has 0 bridgehead atoms. The van der Waals surface area contributed by atoms with Gasteiger partial charge in [0.05, 0.1) is 20.5 Å². The Balaban J connectivity index is 3.79. The van der Waals surface area contributed by atoms with E-state index in [1.54, 1.807) is 14.1 Å². The zero-order valence-electron chi connectivity index (χ0n) is 8.24. The number of carbonyl (C=O) groups is 2. The highest BCUT2D eigenvalue weighted by Gasteiger charge is 2.19. The predicted molar refractivity (Wildman–Crippen MR) is 45.9 cm³/mol. The van der Waals surface area contributed by atoms with Crippen LogP contribution in [0.3, 0.4) is 0 Å². The minimum absolute atomic E-state index is 0.0205. The van der Waals surface area contributed by atoms with E-state index >= 15 is 0 Å². The second-order valence-corrected chi connectivity index (χ2v) is 3.42. The van der Waals surface area contributed by atoms with E-state index in [4.69, 9.17) is 9.94 Å². The molecule has 5 heteroatoms. The van der Waals surface area contributed by atoms with Gasteiger partial charge in [-0.05, 0) is 6.92 Å². The van der Waals surface area contributed by atoms with Crippen molar-refractivity contribution in [1.29, 1.82) is 0 Å². The van der Waals surface area contributed by atoms with Crippen molar-refractivity contribution in [2.75, 3.05) is 27.2 Å². The maximum absolute atomic E-state index is 10.6. The lowest BCUT2D eigenvalue weighted by atomic mass is 10.4. The molecule has 0 heterocycles. The van der Waals surface area contributed by atoms with Crippen LogP contribution < -0.4 is 0 Å². The average Bonchev–Trinajstić information content (AvgIpc) is 1.98. The van der Waals surface area contributed by atoms with E-state index in [2.05, 4.69) is 0 Å². The van der Waals surface area contributed by atoms with Crippen molar-refractivity contribution in [2.45, 2.75) is 13.3 Å². The van der Waals surface area contributed by atoms with Crippen LogP contribution in [0.4, 0.5) is 0 Å². The smallest absolute Gasteiger partial charge is 0.309 e. The fourth-order valence-electron chi connectivity index (χ4n) is 0.695. The van der Waals surface area contributed by atoms with Gasteiger partial charge in [0.1, 0.15) is 6.54 Å². The lowest BCUT2D eigenvalue weighted by Crippen LogP contribution is -2.42. The van der Waals surface area contributed by atoms with Crippen LogP contribution in [0, 0.1) is 0 Å². The predicted octanol–water partition coefficient (Wildman–Crippen LogP) is 0.0581. The summed E-state index contributed by atoms with van der Waals surface area (Å²) in [5, 5.41) is 8.42. The van der Waals surface area contributed by atoms with Gasteiger partial charge in [-0.1, -0.05) is 0 Å². The first-order valence-corrected chi connectivity index (χ1v) is 4.02. The molecule has 0 fully saturated rings. The summed E-state index contributed by atoms with van der Waals surface area (Å²) in [7, 11) is 3.43. The van der Waals surface area contributed by atoms with Crippen molar-refractivity contribution >= 4 is 11.8 Å². The molecule has 0 saturated carbocycles. The van der Waals surface area contributed by atoms with Crippen molar-refractivity contribution in [3.8, 4) is 0 Å². The van der Waals surface area contributed by atoms with Crippen LogP contribution in [0.5, 0.6) is 0 Å². The maximum atomic E-state index is 10.6. The van der Waals surface area contributed by atoms with Crippen LogP contribution in [0.2, 0.25) is 0 Å². The number of Topliss-reactive ketones (excluding diaryl/α,β-unsaturated/α-hetero) is 1. The summed E-state index contributed by atoms with van der Waals surface area (Å²) in [5.74, 6) is -0.931. The number of quaternary nitrogens is 1. The molecule has 0 aromatic carbocycles. The van der Waals surface area contributed by atoms with Crippen LogP contribution >= 0.6 is 0 Å². The minimum atomic E-state index is -0.863. The van der Waals surface area contributed by atoms with Gasteiger partial charge < -0.3 is 5.11 Å². The number of carbonyl (C=O) groups excluding carboxylic acids is 1. The SMILES string of the molecule is CC(=O)CO[N+](C)(C)CCC(=O)O. The highest BCUT2D eigenvalue weighted by molar-refractivity contribution is 5.76. The number of carboxylic acid groups (broad SMARTS) is 1. The summed E-state index contributed by atoms with van der Waals surface area (Å²) in [5.41, 5.74) is 0. The molecule has 0 unspecified atom stereocenters. The molecule has 0 saturated heterocycles. The number of hydroxylamine groups is 3. The topological polar surface area (TPSA) is 63.6 Å². The zero-order valence-corrected chi connectivity index (χ0v) is 8.24. The molecule has 0 aliphatic rings. The number of nitrogens with zero attached hydrogens (tertiary/aromatic N) is 1. The molecule has 0 aromatic rings. The number of carboxylic acids is 1. The quantitative estimate of drug-likeness (QED) is 0.475. The van der Waals surface area contributed by atoms with Gasteiger partial charge in [-0.25, -0.2) is 0 Å². The number of rotatable bonds is 6. The molecule has 0 amide bonds. The normalized spacial score (nSPS) is 11.3. The van der Waals surface area contributed by atoms with Gasteiger partial charge in [0, 0.05) is 0 Å². The Labute approximate surface area is 77.4 Å². The van der Waals surface area contributed by atoms with Gasteiger partial charge in [-0.2, -0.15) is 9.48 Å². The molecule has 76 valence electrons. The standard InChI is InChI=1S/C8H15NO4/c1-7(10)6-13-9(2,3)5-4-8(11)12/h4-6H2,1-3H3/p+1. The van der Waals surface area contributed by atoms with Crippen LogP contribution in [-0.4, -0.2) is 48.8 Å². The van der Waals surface area contributed by atoms with Crippen LogP contribution in [0.1, 0.15) is 13.3 Å². The Kier molecular flexibility index (Phi) is 4.58. The number of ketones is 1. The maximum Gasteiger partial charge on any atom is 0.309 e. The van der Waals surface area contributed by atoms with Crippen molar-refractivity contribution in [2.24, 2.45) is 0 Å². The monoisotopic (exact) mass is 190 g/mol. The molecule has 13 heavy (non-hydrogen) atoms. The number of hydrogen-bond acceptors (Lipinski definition) is 3. The van der Waals surface area contributed by atoms with Crippen LogP contribution in [0.25, 0.3) is 0 Å². The minimum Gasteiger partial charge on any atom is -0.481 e. The third kappa shape index (κ3) is 7.42. The summed E-state index contributed by atoms with van der Waals surface area (Å²) in [6.07, 6.45) is 0.0326. The Morgan fingerprint density at radius 1 is 1.38 bits per heavy atom. The van der Waals surface area contributed by atoms with Gasteiger partial charge >= 0.3 is 5.97 Å². The number of hydrogen-bond donors (Lipinski definition) is 1. The van der Waals surface area contributed by atoms with Gasteiger partial charge in [-0.3, -0.25) is 9.59 Å². The highest BCUT2D eigenvalue weighted by atomic mass is 16.7. The van der Waals surface area contributed by atoms with E-state index in [0.29, 0.717) is 6.54 Å². The molecule has 5 nitrogen and oxygen atoms in total. The van der Waals surface area contributed by atoms with E-state index < -0.39 is 5.97 Å². The first-order valence-electron chi connectivity index (χ1n) is 4.02. The number of aliphatic carboxylic acids is 1. The van der Waals surface area contributed by atoms with Crippen molar-refractivity contribution in [3.63, 3.8) is 0 Å². The zero-order chi connectivity index (χ0) is 10.5. The fraction of sp³-hybridized carbons (Fsp3) is 0.750. The van der Waals surface area contributed by atoms with Gasteiger partial charge in [0.25, 0.3) is 0 Å². The summed E-state index contributed by atoms with van der Waals surface area (Å²) in [6, 6.07) is 0. The van der Waals surface area contributed by atoms with Crippen molar-refractivity contribution in [1.82, 2.24) is 0 Å². The molecular weight excluding hydrogens is 174 g/mol. The van der Waals surface area contributed by atoms with Gasteiger partial charge in [-0.15, -0.1) is 0 Å². The van der Waals surface area contributed by atoms with E-state index in [1.807, 2.05) is 0 Å². The van der Waals surface area contributed by atoms with Crippen molar-refractivity contribution < 1.29 is 24.2 Å². The lowest BCUT2D eigenvalue weighted by molar-refractivity contribution is -1.07. The Morgan fingerprint density at radius 3 is 2.31 bits per heavy atom. The first kappa shape index (κ1) is 12.1. The Hall–Kier alpha value is -0.940. The third-order valence-corrected chi connectivity index (χ3v) is 1.48. The Morgan fingerprint density at radius 2 is 1.92 bits per heavy atom. The molecule has 0 atom stereocenters. The summed E-state index contributed by atoms with van der Waals surface area (Å²) >= 11 is 0. The Bertz CT molecular complexity index is 180. The average molecular weight is 190 g/mol. The first-order chi connectivity index (χ1) is 5.83. The largest absolute Gasteiger partial charge is 0.481 e. The van der Waals surface area contributed by atoms with E-state index in [1.165, 1.54) is 6.92 Å². The van der Waals surface area contributed by atoms with E-state index in [-0.39, 0.29) is 23.5 Å². The van der Waals surface area contributed by atoms with Crippen molar-refractivity contribution in [3.05, 3.63) is 0 Å². The molecule has 0 aromatic heterocycles. The molecular formula is C8H16NO4+.